The van der Waals surface area contributed by atoms with E-state index in [1.165, 1.54) is 6.07 Å². The number of pyridine rings is 2. The maximum absolute atomic E-state index is 13.5. The summed E-state index contributed by atoms with van der Waals surface area (Å²) in [6.07, 6.45) is 8.83. The fourth-order valence-corrected chi connectivity index (χ4v) is 8.30. The van der Waals surface area contributed by atoms with Crippen LogP contribution in [0.3, 0.4) is 0 Å². The van der Waals surface area contributed by atoms with Crippen molar-refractivity contribution in [1.29, 1.82) is 0 Å². The predicted molar refractivity (Wildman–Crippen MR) is 220 cm³/mol. The molecular weight excluding hydrogens is 783 g/mol. The van der Waals surface area contributed by atoms with Crippen molar-refractivity contribution in [3.05, 3.63) is 136 Å². The van der Waals surface area contributed by atoms with E-state index in [0.29, 0.717) is 61.1 Å². The smallest absolute Gasteiger partial charge is 0.312 e. The van der Waals surface area contributed by atoms with Crippen molar-refractivity contribution in [2.75, 3.05) is 48.5 Å². The lowest BCUT2D eigenvalue weighted by Crippen LogP contribution is -2.34. The first-order chi connectivity index (χ1) is 27.9. The molecule has 1 atom stereocenters. The van der Waals surface area contributed by atoms with Gasteiger partial charge in [0.25, 0.3) is 21.8 Å². The molecule has 0 fully saturated rings. The maximum atomic E-state index is 13.5. The van der Waals surface area contributed by atoms with Gasteiger partial charge in [0.15, 0.2) is 11.5 Å². The molecule has 0 saturated heterocycles. The minimum absolute atomic E-state index is 0.0847. The van der Waals surface area contributed by atoms with Gasteiger partial charge in [0.05, 0.1) is 23.5 Å². The maximum Gasteiger partial charge on any atom is 0.312 e. The number of rotatable bonds is 15. The third kappa shape index (κ3) is 9.39. The van der Waals surface area contributed by atoms with Crippen LogP contribution in [0, 0.1) is 10.1 Å². The van der Waals surface area contributed by atoms with Gasteiger partial charge in [-0.25, -0.2) is 28.1 Å². The van der Waals surface area contributed by atoms with Gasteiger partial charge in [-0.1, -0.05) is 36.4 Å². The molecular formula is C39H39N11O6S2. The molecule has 7 rings (SSSR count). The van der Waals surface area contributed by atoms with Gasteiger partial charge in [0.2, 0.25) is 5.82 Å². The molecule has 2 amide bonds. The lowest BCUT2D eigenvalue weighted by molar-refractivity contribution is -0.384. The quantitative estimate of drug-likeness (QED) is 0.0716. The number of amides is 2. The Hall–Kier alpha value is -6.44. The zero-order valence-electron chi connectivity index (χ0n) is 31.5. The minimum Gasteiger partial charge on any atom is -0.361 e. The molecule has 6 aromatic rings. The monoisotopic (exact) mass is 821 g/mol. The standard InChI is InChI=1S/C39H39N11O6S2/c1-47(2)17-15-27(25-57-28-9-4-3-5-10-28)42-37-33(50(53)54)20-29(21-41-37)58(55,56)46-39(52)32-12-7-13-35(43-32)48-18-14-26-8-6-11-30(31(26)23-48)38(51)45-34-24-49-19-16-40-22-36(49)44-34/h3-13,16,19-22,24,27H,14-15,17-18,23,25H2,1-2H3,(H,41,42)(H,45,51)(H,46,52)/t27-/m1/s1. The molecule has 0 saturated carbocycles. The van der Waals surface area contributed by atoms with E-state index in [-0.39, 0.29) is 23.5 Å². The molecule has 0 unspecified atom stereocenters. The van der Waals surface area contributed by atoms with Crippen LogP contribution in [0.5, 0.6) is 0 Å². The Balaban J connectivity index is 1.04. The Kier molecular flexibility index (Phi) is 11.9. The van der Waals surface area contributed by atoms with Crippen molar-refractivity contribution in [1.82, 2.24) is 34.0 Å². The average Bonchev–Trinajstić information content (AvgIpc) is 3.64. The van der Waals surface area contributed by atoms with Crippen LogP contribution in [0.15, 0.2) is 114 Å². The van der Waals surface area contributed by atoms with Gasteiger partial charge in [-0.2, -0.15) is 0 Å². The second-order valence-corrected chi connectivity index (χ2v) is 16.5. The van der Waals surface area contributed by atoms with E-state index in [0.717, 1.165) is 28.3 Å². The Morgan fingerprint density at radius 2 is 1.83 bits per heavy atom. The molecule has 58 heavy (non-hydrogen) atoms. The molecule has 1 aliphatic heterocycles. The zero-order valence-corrected chi connectivity index (χ0v) is 33.1. The summed E-state index contributed by atoms with van der Waals surface area (Å²) >= 11 is 1.58. The summed E-state index contributed by atoms with van der Waals surface area (Å²) in [6.45, 7) is 1.51. The van der Waals surface area contributed by atoms with Crippen molar-refractivity contribution in [3.8, 4) is 0 Å². The van der Waals surface area contributed by atoms with E-state index in [1.807, 2.05) is 71.1 Å². The molecule has 0 aliphatic carbocycles. The highest BCUT2D eigenvalue weighted by molar-refractivity contribution is 7.99. The Morgan fingerprint density at radius 3 is 2.60 bits per heavy atom. The lowest BCUT2D eigenvalue weighted by atomic mass is 9.94. The van der Waals surface area contributed by atoms with Crippen LogP contribution in [0.1, 0.15) is 38.4 Å². The largest absolute Gasteiger partial charge is 0.361 e. The first-order valence-corrected chi connectivity index (χ1v) is 20.6. The summed E-state index contributed by atoms with van der Waals surface area (Å²) in [7, 11) is -0.763. The molecule has 0 radical (unpaired) electrons. The van der Waals surface area contributed by atoms with E-state index in [2.05, 4.69) is 30.6 Å². The topological polar surface area (TPSA) is 210 Å². The van der Waals surface area contributed by atoms with Crippen LogP contribution in [0.4, 0.5) is 23.1 Å². The van der Waals surface area contributed by atoms with Crippen LogP contribution < -0.4 is 20.3 Å². The van der Waals surface area contributed by atoms with Gasteiger partial charge >= 0.3 is 5.69 Å². The van der Waals surface area contributed by atoms with E-state index < -0.39 is 31.4 Å². The number of fused-ring (bicyclic) bond motifs is 2. The van der Waals surface area contributed by atoms with E-state index in [1.54, 1.807) is 59.1 Å². The molecule has 19 heteroatoms. The van der Waals surface area contributed by atoms with Gasteiger partial charge in [-0.05, 0) is 74.9 Å². The summed E-state index contributed by atoms with van der Waals surface area (Å²) in [5.74, 6) is -0.130. The molecule has 3 N–H and O–H groups in total. The summed E-state index contributed by atoms with van der Waals surface area (Å²) in [4.78, 5) is 59.8. The van der Waals surface area contributed by atoms with Crippen molar-refractivity contribution in [2.45, 2.75) is 35.2 Å². The van der Waals surface area contributed by atoms with Crippen LogP contribution in [-0.2, 0) is 23.0 Å². The number of hydrogen-bond donors (Lipinski definition) is 3. The van der Waals surface area contributed by atoms with E-state index >= 15 is 0 Å². The summed E-state index contributed by atoms with van der Waals surface area (Å²) in [5, 5.41) is 18.2. The third-order valence-electron chi connectivity index (χ3n) is 9.35. The highest BCUT2D eigenvalue weighted by Crippen LogP contribution is 2.29. The van der Waals surface area contributed by atoms with E-state index in [9.17, 15) is 28.1 Å². The third-order valence-corrected chi connectivity index (χ3v) is 11.8. The lowest BCUT2D eigenvalue weighted by Gasteiger charge is -2.31. The number of carbonyl (C=O) groups is 2. The van der Waals surface area contributed by atoms with Gasteiger partial charge in [0, 0.05) is 53.8 Å². The number of benzene rings is 2. The molecule has 0 spiro atoms. The molecule has 1 aliphatic rings. The first-order valence-electron chi connectivity index (χ1n) is 18.2. The minimum atomic E-state index is -4.62. The van der Waals surface area contributed by atoms with Crippen molar-refractivity contribution < 1.29 is 22.9 Å². The second-order valence-electron chi connectivity index (χ2n) is 13.7. The molecule has 2 aromatic carbocycles. The van der Waals surface area contributed by atoms with Crippen LogP contribution in [0.2, 0.25) is 0 Å². The number of aromatic nitrogens is 5. The highest BCUT2D eigenvalue weighted by Gasteiger charge is 2.28. The summed E-state index contributed by atoms with van der Waals surface area (Å²) in [5.41, 5.74) is 2.06. The van der Waals surface area contributed by atoms with Crippen LogP contribution >= 0.6 is 11.8 Å². The highest BCUT2D eigenvalue weighted by atomic mass is 32.2. The van der Waals surface area contributed by atoms with E-state index in [4.69, 9.17) is 0 Å². The van der Waals surface area contributed by atoms with Gasteiger partial charge in [-0.15, -0.1) is 11.8 Å². The normalized spacial score (nSPS) is 13.2. The van der Waals surface area contributed by atoms with Crippen LogP contribution in [0.25, 0.3) is 5.65 Å². The fraction of sp³-hybridized carbons (Fsp3) is 0.231. The van der Waals surface area contributed by atoms with Crippen molar-refractivity contribution in [3.63, 3.8) is 0 Å². The Morgan fingerprint density at radius 1 is 1.02 bits per heavy atom. The number of nitrogens with zero attached hydrogens (tertiary/aromatic N) is 8. The molecule has 5 heterocycles. The number of nitro groups is 1. The van der Waals surface area contributed by atoms with Crippen molar-refractivity contribution >= 4 is 62.4 Å². The second kappa shape index (κ2) is 17.4. The number of anilines is 3. The SMILES string of the molecule is CN(C)CC[C@H](CSc1ccccc1)Nc1ncc(S(=O)(=O)NC(=O)c2cccc(N3CCc4cccc(C(=O)Nc5cn6ccncc6n5)c4C3)n2)cc1[N+](=O)[O-]. The number of thioether (sulfide) groups is 1. The van der Waals surface area contributed by atoms with Gasteiger partial charge in [0.1, 0.15) is 16.4 Å². The van der Waals surface area contributed by atoms with Crippen LogP contribution in [-0.4, -0.2) is 93.4 Å². The Bertz CT molecular complexity index is 2560. The number of imidazole rings is 1. The molecule has 4 aromatic heterocycles. The van der Waals surface area contributed by atoms with Gasteiger partial charge in [-0.3, -0.25) is 24.7 Å². The van der Waals surface area contributed by atoms with Gasteiger partial charge < -0.3 is 24.8 Å². The molecule has 0 bridgehead atoms. The first kappa shape index (κ1) is 39.8. The zero-order chi connectivity index (χ0) is 40.8. The van der Waals surface area contributed by atoms with Crippen molar-refractivity contribution in [2.24, 2.45) is 0 Å². The summed E-state index contributed by atoms with van der Waals surface area (Å²) in [6, 6.07) is 20.5. The Labute approximate surface area is 338 Å². The number of nitrogens with one attached hydrogen (secondary N) is 3. The molecule has 17 nitrogen and oxygen atoms in total. The number of hydrogen-bond acceptors (Lipinski definition) is 14. The number of carbonyl (C=O) groups excluding carboxylic acids is 2. The summed E-state index contributed by atoms with van der Waals surface area (Å²) < 4.78 is 30.7. The number of sulfonamides is 1. The predicted octanol–water partition coefficient (Wildman–Crippen LogP) is 4.89. The average molecular weight is 822 g/mol. The fourth-order valence-electron chi connectivity index (χ4n) is 6.39. The molecule has 298 valence electrons.